The number of carbonyl (C=O) groups excluding carboxylic acids is 1. The van der Waals surface area contributed by atoms with Crippen LogP contribution >= 0.6 is 23.2 Å². The molecule has 6 nitrogen and oxygen atoms in total. The number of hydrogen-bond acceptors (Lipinski definition) is 5. The average Bonchev–Trinajstić information content (AvgIpc) is 2.65. The van der Waals surface area contributed by atoms with Crippen LogP contribution in [-0.4, -0.2) is 43.3 Å². The van der Waals surface area contributed by atoms with Crippen molar-refractivity contribution in [3.63, 3.8) is 0 Å². The maximum atomic E-state index is 12.3. The third-order valence-corrected chi connectivity index (χ3v) is 4.45. The van der Waals surface area contributed by atoms with E-state index in [9.17, 15) is 4.79 Å². The molecule has 0 radical (unpaired) electrons. The zero-order valence-corrected chi connectivity index (χ0v) is 15.8. The summed E-state index contributed by atoms with van der Waals surface area (Å²) in [6.45, 7) is 4.66. The first kappa shape index (κ1) is 18.8. The molecule has 1 aliphatic heterocycles. The van der Waals surface area contributed by atoms with Crippen molar-refractivity contribution in [3.8, 4) is 5.75 Å². The Hall–Kier alpha value is -2.02. The third kappa shape index (κ3) is 4.78. The van der Waals surface area contributed by atoms with Gasteiger partial charge in [-0.05, 0) is 37.3 Å². The van der Waals surface area contributed by atoms with Gasteiger partial charge in [-0.1, -0.05) is 23.2 Å². The lowest BCUT2D eigenvalue weighted by molar-refractivity contribution is -0.122. The highest BCUT2D eigenvalue weighted by atomic mass is 35.5. The number of amides is 1. The number of ether oxygens (including phenoxy) is 2. The highest BCUT2D eigenvalue weighted by Gasteiger charge is 2.17. The van der Waals surface area contributed by atoms with E-state index in [1.807, 2.05) is 12.1 Å². The predicted molar refractivity (Wildman–Crippen MR) is 102 cm³/mol. The van der Waals surface area contributed by atoms with Gasteiger partial charge in [-0.2, -0.15) is 0 Å². The van der Waals surface area contributed by atoms with E-state index >= 15 is 0 Å². The van der Waals surface area contributed by atoms with Crippen LogP contribution < -0.4 is 15.0 Å². The molecule has 2 aromatic rings. The van der Waals surface area contributed by atoms with E-state index in [-0.39, 0.29) is 5.91 Å². The van der Waals surface area contributed by atoms with Crippen molar-refractivity contribution in [2.75, 3.05) is 36.5 Å². The Morgan fingerprint density at radius 3 is 2.69 bits per heavy atom. The van der Waals surface area contributed by atoms with Crippen LogP contribution in [0.1, 0.15) is 6.92 Å². The van der Waals surface area contributed by atoms with Crippen molar-refractivity contribution in [1.29, 1.82) is 0 Å². The molecule has 0 aliphatic carbocycles. The van der Waals surface area contributed by atoms with E-state index < -0.39 is 6.10 Å². The lowest BCUT2D eigenvalue weighted by Crippen LogP contribution is -2.36. The fraction of sp³-hybridized carbons (Fsp3) is 0.333. The van der Waals surface area contributed by atoms with Gasteiger partial charge in [0.05, 0.1) is 30.1 Å². The largest absolute Gasteiger partial charge is 0.479 e. The minimum Gasteiger partial charge on any atom is -0.479 e. The summed E-state index contributed by atoms with van der Waals surface area (Å²) in [6, 6.07) is 8.55. The van der Waals surface area contributed by atoms with Crippen molar-refractivity contribution in [1.82, 2.24) is 4.98 Å². The van der Waals surface area contributed by atoms with Gasteiger partial charge >= 0.3 is 0 Å². The summed E-state index contributed by atoms with van der Waals surface area (Å²) in [7, 11) is 0. The number of pyridine rings is 1. The highest BCUT2D eigenvalue weighted by molar-refractivity contribution is 6.35. The summed E-state index contributed by atoms with van der Waals surface area (Å²) >= 11 is 11.9. The Morgan fingerprint density at radius 1 is 1.27 bits per heavy atom. The zero-order valence-electron chi connectivity index (χ0n) is 14.2. The lowest BCUT2D eigenvalue weighted by atomic mass is 10.3. The predicted octanol–water partition coefficient (Wildman–Crippen LogP) is 3.63. The molecular formula is C18H19Cl2N3O3. The number of anilines is 2. The third-order valence-electron chi connectivity index (χ3n) is 3.92. The minimum absolute atomic E-state index is 0.295. The van der Waals surface area contributed by atoms with Gasteiger partial charge in [-0.15, -0.1) is 0 Å². The van der Waals surface area contributed by atoms with Crippen LogP contribution in [0.3, 0.4) is 0 Å². The van der Waals surface area contributed by atoms with E-state index in [1.165, 1.54) is 0 Å². The topological polar surface area (TPSA) is 63.7 Å². The van der Waals surface area contributed by atoms with E-state index in [0.717, 1.165) is 18.9 Å². The van der Waals surface area contributed by atoms with Gasteiger partial charge in [0, 0.05) is 18.1 Å². The van der Waals surface area contributed by atoms with Crippen LogP contribution in [0.15, 0.2) is 36.5 Å². The van der Waals surface area contributed by atoms with Crippen molar-refractivity contribution >= 4 is 40.6 Å². The normalized spacial score (nSPS) is 15.4. The molecule has 1 N–H and O–H groups in total. The van der Waals surface area contributed by atoms with E-state index in [2.05, 4.69) is 15.2 Å². The first-order valence-corrected chi connectivity index (χ1v) is 9.00. The molecule has 1 aromatic heterocycles. The second-order valence-electron chi connectivity index (χ2n) is 5.83. The first-order chi connectivity index (χ1) is 12.5. The number of halogens is 2. The van der Waals surface area contributed by atoms with Gasteiger partial charge in [-0.3, -0.25) is 4.79 Å². The second kappa shape index (κ2) is 8.58. The summed E-state index contributed by atoms with van der Waals surface area (Å²) in [4.78, 5) is 18.9. The molecule has 1 unspecified atom stereocenters. The van der Waals surface area contributed by atoms with Crippen LogP contribution in [0.25, 0.3) is 0 Å². The first-order valence-electron chi connectivity index (χ1n) is 8.24. The fourth-order valence-corrected chi connectivity index (χ4v) is 2.95. The van der Waals surface area contributed by atoms with Crippen LogP contribution in [0.2, 0.25) is 10.0 Å². The number of carbonyl (C=O) groups is 1. The van der Waals surface area contributed by atoms with Crippen molar-refractivity contribution < 1.29 is 14.3 Å². The monoisotopic (exact) mass is 395 g/mol. The number of morpholine rings is 1. The molecule has 1 aliphatic rings. The van der Waals surface area contributed by atoms with E-state index in [1.54, 1.807) is 31.3 Å². The number of rotatable bonds is 5. The second-order valence-corrected chi connectivity index (χ2v) is 6.67. The molecule has 1 fully saturated rings. The lowest BCUT2D eigenvalue weighted by Gasteiger charge is -2.27. The summed E-state index contributed by atoms with van der Waals surface area (Å²) < 4.78 is 10.9. The molecule has 1 aromatic carbocycles. The molecule has 3 rings (SSSR count). The minimum atomic E-state index is -0.729. The molecule has 138 valence electrons. The molecule has 1 amide bonds. The van der Waals surface area contributed by atoms with Gasteiger partial charge < -0.3 is 19.7 Å². The summed E-state index contributed by atoms with van der Waals surface area (Å²) in [5.74, 6) is 0.972. The maximum Gasteiger partial charge on any atom is 0.265 e. The molecule has 2 heterocycles. The summed E-state index contributed by atoms with van der Waals surface area (Å²) in [6.07, 6.45) is 0.901. The number of nitrogens with zero attached hydrogens (tertiary/aromatic N) is 2. The Morgan fingerprint density at radius 2 is 2.04 bits per heavy atom. The van der Waals surface area contributed by atoms with Gasteiger partial charge in [0.15, 0.2) is 6.10 Å². The quantitative estimate of drug-likeness (QED) is 0.836. The van der Waals surface area contributed by atoms with Gasteiger partial charge in [0.1, 0.15) is 11.6 Å². The SMILES string of the molecule is CC(Oc1ccc(Cl)cc1Cl)C(=O)Nc1ccc(N2CCOCC2)nc1. The molecule has 0 saturated carbocycles. The Kier molecular flexibility index (Phi) is 6.19. The smallest absolute Gasteiger partial charge is 0.265 e. The summed E-state index contributed by atoms with van der Waals surface area (Å²) in [5.41, 5.74) is 0.602. The molecule has 1 saturated heterocycles. The molecule has 1 atom stereocenters. The standard InChI is InChI=1S/C18H19Cl2N3O3/c1-12(26-16-4-2-13(19)10-15(16)20)18(24)22-14-3-5-17(21-11-14)23-6-8-25-9-7-23/h2-5,10-12H,6-9H2,1H3,(H,22,24). The van der Waals surface area contributed by atoms with Crippen LogP contribution in [0, 0.1) is 0 Å². The summed E-state index contributed by atoms with van der Waals surface area (Å²) in [5, 5.41) is 3.64. The zero-order chi connectivity index (χ0) is 18.5. The number of nitrogens with one attached hydrogen (secondary N) is 1. The Balaban J connectivity index is 1.58. The fourth-order valence-electron chi connectivity index (χ4n) is 2.50. The van der Waals surface area contributed by atoms with Crippen molar-refractivity contribution in [2.24, 2.45) is 0 Å². The van der Waals surface area contributed by atoms with Crippen LogP contribution in [-0.2, 0) is 9.53 Å². The van der Waals surface area contributed by atoms with Gasteiger partial charge in [0.2, 0.25) is 0 Å². The Bertz CT molecular complexity index is 765. The molecular weight excluding hydrogens is 377 g/mol. The Labute approximate surface area is 162 Å². The number of benzene rings is 1. The molecule has 0 bridgehead atoms. The van der Waals surface area contributed by atoms with Gasteiger partial charge in [0.25, 0.3) is 5.91 Å². The van der Waals surface area contributed by atoms with Crippen LogP contribution in [0.5, 0.6) is 5.75 Å². The van der Waals surface area contributed by atoms with Crippen molar-refractivity contribution in [3.05, 3.63) is 46.6 Å². The van der Waals surface area contributed by atoms with Crippen LogP contribution in [0.4, 0.5) is 11.5 Å². The van der Waals surface area contributed by atoms with E-state index in [4.69, 9.17) is 32.7 Å². The number of hydrogen-bond donors (Lipinski definition) is 1. The maximum absolute atomic E-state index is 12.3. The molecule has 26 heavy (non-hydrogen) atoms. The van der Waals surface area contributed by atoms with Crippen molar-refractivity contribution in [2.45, 2.75) is 13.0 Å². The average molecular weight is 396 g/mol. The highest BCUT2D eigenvalue weighted by Crippen LogP contribution is 2.28. The van der Waals surface area contributed by atoms with Gasteiger partial charge in [-0.25, -0.2) is 4.98 Å². The molecule has 0 spiro atoms. The number of aromatic nitrogens is 1. The molecule has 8 heteroatoms. The van der Waals surface area contributed by atoms with E-state index in [0.29, 0.717) is 34.7 Å².